The molecule has 0 radical (unpaired) electrons. The normalized spacial score (nSPS) is 20.9. The number of ether oxygens (including phenoxy) is 1. The number of rotatable bonds is 2. The van der Waals surface area contributed by atoms with E-state index in [1.165, 1.54) is 6.33 Å². The maximum Gasteiger partial charge on any atom is 0.231 e. The van der Waals surface area contributed by atoms with Crippen molar-refractivity contribution in [2.45, 2.75) is 18.8 Å². The third-order valence-corrected chi connectivity index (χ3v) is 2.59. The first-order chi connectivity index (χ1) is 6.97. The lowest BCUT2D eigenvalue weighted by Gasteiger charge is -2.04. The van der Waals surface area contributed by atoms with Gasteiger partial charge >= 0.3 is 0 Å². The summed E-state index contributed by atoms with van der Waals surface area (Å²) < 4.78 is 26.3. The Balaban J connectivity index is 2.27. The van der Waals surface area contributed by atoms with Gasteiger partial charge in [-0.15, -0.1) is 0 Å². The van der Waals surface area contributed by atoms with Gasteiger partial charge in [0.25, 0.3) is 0 Å². The average Bonchev–Trinajstić information content (AvgIpc) is 2.89. The van der Waals surface area contributed by atoms with Crippen molar-refractivity contribution in [1.29, 1.82) is 0 Å². The lowest BCUT2D eigenvalue weighted by atomic mass is 10.3. The van der Waals surface area contributed by atoms with Gasteiger partial charge in [0.1, 0.15) is 10.8 Å². The zero-order chi connectivity index (χ0) is 11.1. The molecule has 12 heavy (non-hydrogen) atoms. The SMILES string of the molecule is [2H]C([2H])([2H])Oc1ncnc(C2CC2)c1Br. The summed E-state index contributed by atoms with van der Waals surface area (Å²) in [5.74, 6) is 0.508. The molecule has 2 rings (SSSR count). The van der Waals surface area contributed by atoms with E-state index in [0.29, 0.717) is 10.4 Å². The number of hydrogen-bond donors (Lipinski definition) is 0. The summed E-state index contributed by atoms with van der Waals surface area (Å²) in [5, 5.41) is 0. The standard InChI is InChI=1S/C8H9BrN2O/c1-12-8-6(9)7(5-2-3-5)10-4-11-8/h4-5H,2-3H2,1H3/i1D3. The van der Waals surface area contributed by atoms with E-state index in [0.717, 1.165) is 18.5 Å². The van der Waals surface area contributed by atoms with Crippen LogP contribution in [-0.4, -0.2) is 17.0 Å². The van der Waals surface area contributed by atoms with E-state index in [1.807, 2.05) is 0 Å². The quantitative estimate of drug-likeness (QED) is 0.783. The maximum atomic E-state index is 6.99. The summed E-state index contributed by atoms with van der Waals surface area (Å²) in [7, 11) is -2.47. The summed E-state index contributed by atoms with van der Waals surface area (Å²) in [6.07, 6.45) is 3.51. The molecule has 0 spiro atoms. The number of aromatic nitrogens is 2. The van der Waals surface area contributed by atoms with Crippen LogP contribution in [-0.2, 0) is 0 Å². The fraction of sp³-hybridized carbons (Fsp3) is 0.500. The van der Waals surface area contributed by atoms with Gasteiger partial charge in [-0.2, -0.15) is 0 Å². The van der Waals surface area contributed by atoms with E-state index in [1.54, 1.807) is 0 Å². The molecule has 0 unspecified atom stereocenters. The largest absolute Gasteiger partial charge is 0.480 e. The van der Waals surface area contributed by atoms with Crippen molar-refractivity contribution >= 4 is 15.9 Å². The predicted molar refractivity (Wildman–Crippen MR) is 48.3 cm³/mol. The van der Waals surface area contributed by atoms with Crippen LogP contribution < -0.4 is 4.74 Å². The molecular formula is C8H9BrN2O. The highest BCUT2D eigenvalue weighted by molar-refractivity contribution is 9.10. The van der Waals surface area contributed by atoms with Crippen LogP contribution in [0.5, 0.6) is 5.88 Å². The highest BCUT2D eigenvalue weighted by atomic mass is 79.9. The molecule has 4 heteroatoms. The van der Waals surface area contributed by atoms with Gasteiger partial charge in [0, 0.05) is 5.92 Å². The molecule has 0 N–H and O–H groups in total. The molecule has 0 bridgehead atoms. The van der Waals surface area contributed by atoms with Crippen LogP contribution in [0.3, 0.4) is 0 Å². The van der Waals surface area contributed by atoms with Gasteiger partial charge in [0.2, 0.25) is 5.88 Å². The number of hydrogen-bond acceptors (Lipinski definition) is 3. The Morgan fingerprint density at radius 2 is 2.50 bits per heavy atom. The third kappa shape index (κ3) is 1.31. The van der Waals surface area contributed by atoms with Crippen LogP contribution in [0.25, 0.3) is 0 Å². The fourth-order valence-electron chi connectivity index (χ4n) is 1.08. The summed E-state index contributed by atoms with van der Waals surface area (Å²) in [5.41, 5.74) is 0.837. The van der Waals surface area contributed by atoms with Crippen LogP contribution in [0.15, 0.2) is 10.8 Å². The second-order valence-corrected chi connectivity index (χ2v) is 3.55. The molecule has 3 nitrogen and oxygen atoms in total. The molecule has 1 fully saturated rings. The maximum absolute atomic E-state index is 6.99. The highest BCUT2D eigenvalue weighted by Crippen LogP contribution is 2.43. The highest BCUT2D eigenvalue weighted by Gasteiger charge is 2.28. The van der Waals surface area contributed by atoms with Crippen molar-refractivity contribution in [3.05, 3.63) is 16.5 Å². The lowest BCUT2D eigenvalue weighted by Crippen LogP contribution is -1.95. The van der Waals surface area contributed by atoms with Crippen molar-refractivity contribution in [3.63, 3.8) is 0 Å². The zero-order valence-electron chi connectivity index (χ0n) is 9.25. The Labute approximate surface area is 83.5 Å². The van der Waals surface area contributed by atoms with Gasteiger partial charge in [0.15, 0.2) is 0 Å². The van der Waals surface area contributed by atoms with Gasteiger partial charge in [-0.25, -0.2) is 9.97 Å². The van der Waals surface area contributed by atoms with Crippen LogP contribution in [0.2, 0.25) is 0 Å². The molecular weight excluding hydrogens is 220 g/mol. The third-order valence-electron chi connectivity index (χ3n) is 1.85. The van der Waals surface area contributed by atoms with Gasteiger partial charge in [-0.05, 0) is 28.8 Å². The topological polar surface area (TPSA) is 35.0 Å². The van der Waals surface area contributed by atoms with E-state index in [2.05, 4.69) is 25.9 Å². The average molecular weight is 232 g/mol. The minimum absolute atomic E-state index is 0.0897. The van der Waals surface area contributed by atoms with Gasteiger partial charge < -0.3 is 4.74 Å². The van der Waals surface area contributed by atoms with Crippen LogP contribution in [0.1, 0.15) is 28.6 Å². The first-order valence-electron chi connectivity index (χ1n) is 5.17. The summed E-state index contributed by atoms with van der Waals surface area (Å²) in [6.45, 7) is 0. The second-order valence-electron chi connectivity index (χ2n) is 2.75. The van der Waals surface area contributed by atoms with Crippen molar-refractivity contribution < 1.29 is 8.85 Å². The first kappa shape index (κ1) is 5.17. The molecule has 0 saturated heterocycles. The summed E-state index contributed by atoms with van der Waals surface area (Å²) >= 11 is 3.27. The van der Waals surface area contributed by atoms with E-state index in [9.17, 15) is 0 Å². The van der Waals surface area contributed by atoms with Crippen LogP contribution >= 0.6 is 15.9 Å². The van der Waals surface area contributed by atoms with E-state index >= 15 is 0 Å². The summed E-state index contributed by atoms with van der Waals surface area (Å²) in [4.78, 5) is 7.90. The summed E-state index contributed by atoms with van der Waals surface area (Å²) in [6, 6.07) is 0. The Morgan fingerprint density at radius 1 is 1.67 bits per heavy atom. The minimum Gasteiger partial charge on any atom is -0.480 e. The monoisotopic (exact) mass is 231 g/mol. The van der Waals surface area contributed by atoms with Gasteiger partial charge in [0.05, 0.1) is 16.8 Å². The molecule has 64 valence electrons. The molecule has 1 heterocycles. The Hall–Kier alpha value is -0.640. The zero-order valence-corrected chi connectivity index (χ0v) is 7.84. The van der Waals surface area contributed by atoms with Crippen molar-refractivity contribution in [3.8, 4) is 5.88 Å². The Kier molecular flexibility index (Phi) is 1.30. The number of nitrogens with zero attached hydrogens (tertiary/aromatic N) is 2. The van der Waals surface area contributed by atoms with Crippen molar-refractivity contribution in [2.24, 2.45) is 0 Å². The molecule has 1 aliphatic carbocycles. The molecule has 1 aliphatic rings. The molecule has 1 aromatic heterocycles. The van der Waals surface area contributed by atoms with Crippen molar-refractivity contribution in [2.75, 3.05) is 7.04 Å². The number of methoxy groups -OCH3 is 1. The molecule has 1 aromatic rings. The van der Waals surface area contributed by atoms with Gasteiger partial charge in [-0.1, -0.05) is 0 Å². The number of halogens is 1. The first-order valence-corrected chi connectivity index (χ1v) is 4.46. The minimum atomic E-state index is -2.47. The van der Waals surface area contributed by atoms with Crippen LogP contribution in [0.4, 0.5) is 0 Å². The molecule has 0 amide bonds. The van der Waals surface area contributed by atoms with E-state index in [4.69, 9.17) is 8.85 Å². The second kappa shape index (κ2) is 3.01. The van der Waals surface area contributed by atoms with E-state index in [-0.39, 0.29) is 5.88 Å². The van der Waals surface area contributed by atoms with Gasteiger partial charge in [-0.3, -0.25) is 0 Å². The van der Waals surface area contributed by atoms with Crippen LogP contribution in [0, 0.1) is 0 Å². The molecule has 1 saturated carbocycles. The van der Waals surface area contributed by atoms with E-state index < -0.39 is 7.04 Å². The molecule has 0 atom stereocenters. The smallest absolute Gasteiger partial charge is 0.231 e. The lowest BCUT2D eigenvalue weighted by molar-refractivity contribution is 0.392. The fourth-order valence-corrected chi connectivity index (χ4v) is 1.69. The van der Waals surface area contributed by atoms with Crippen molar-refractivity contribution in [1.82, 2.24) is 9.97 Å². The molecule has 0 aliphatic heterocycles. The predicted octanol–water partition coefficient (Wildman–Crippen LogP) is 2.13. The molecule has 0 aromatic carbocycles. The Morgan fingerprint density at radius 3 is 3.17 bits per heavy atom. The Bertz CT molecular complexity index is 379.